The highest BCUT2D eigenvalue weighted by atomic mass is 32.1. The first-order valence-corrected chi connectivity index (χ1v) is 12.4. The molecule has 1 aliphatic rings. The third-order valence-corrected chi connectivity index (χ3v) is 6.95. The van der Waals surface area contributed by atoms with E-state index in [0.29, 0.717) is 27.4 Å². The van der Waals surface area contributed by atoms with Crippen LogP contribution in [0, 0.1) is 15.9 Å². The third kappa shape index (κ3) is 4.48. The molecule has 0 unspecified atom stereocenters. The van der Waals surface area contributed by atoms with Gasteiger partial charge in [0.25, 0.3) is 11.2 Å². The number of nitro groups is 1. The number of esters is 1. The van der Waals surface area contributed by atoms with Crippen LogP contribution in [0.2, 0.25) is 0 Å². The number of hydrogen-bond acceptors (Lipinski definition) is 8. The Morgan fingerprint density at radius 3 is 2.66 bits per heavy atom. The number of furan rings is 1. The monoisotopic (exact) mass is 533 g/mol. The number of rotatable bonds is 6. The van der Waals surface area contributed by atoms with Crippen molar-refractivity contribution < 1.29 is 23.3 Å². The molecule has 4 aromatic rings. The molecule has 0 N–H and O–H groups in total. The van der Waals surface area contributed by atoms with Crippen LogP contribution in [0.3, 0.4) is 0 Å². The van der Waals surface area contributed by atoms with E-state index in [0.717, 1.165) is 11.3 Å². The van der Waals surface area contributed by atoms with E-state index in [-0.39, 0.29) is 28.2 Å². The lowest BCUT2D eigenvalue weighted by Crippen LogP contribution is -2.39. The maximum atomic E-state index is 13.7. The summed E-state index contributed by atoms with van der Waals surface area (Å²) in [5, 5.41) is 11.4. The second-order valence-electron chi connectivity index (χ2n) is 8.33. The zero-order valence-electron chi connectivity index (χ0n) is 20.2. The molecule has 1 atom stereocenters. The summed E-state index contributed by atoms with van der Waals surface area (Å²) in [6, 6.07) is 14.1. The Labute approximate surface area is 218 Å². The van der Waals surface area contributed by atoms with Crippen LogP contribution in [-0.4, -0.2) is 22.1 Å². The highest BCUT2D eigenvalue weighted by Crippen LogP contribution is 2.32. The lowest BCUT2D eigenvalue weighted by molar-refractivity contribution is -0.384. The minimum Gasteiger partial charge on any atom is -0.463 e. The average Bonchev–Trinajstić information content (AvgIpc) is 3.48. The van der Waals surface area contributed by atoms with E-state index in [1.54, 1.807) is 44.2 Å². The van der Waals surface area contributed by atoms with Crippen molar-refractivity contribution in [2.24, 2.45) is 4.99 Å². The van der Waals surface area contributed by atoms with Crippen molar-refractivity contribution >= 4 is 29.1 Å². The van der Waals surface area contributed by atoms with Gasteiger partial charge in [-0.3, -0.25) is 19.5 Å². The van der Waals surface area contributed by atoms with E-state index < -0.39 is 28.3 Å². The summed E-state index contributed by atoms with van der Waals surface area (Å²) < 4.78 is 26.4. The van der Waals surface area contributed by atoms with E-state index >= 15 is 0 Å². The summed E-state index contributed by atoms with van der Waals surface area (Å²) in [4.78, 5) is 42.3. The van der Waals surface area contributed by atoms with Crippen molar-refractivity contribution in [1.82, 2.24) is 4.57 Å². The first-order valence-electron chi connectivity index (χ1n) is 11.6. The van der Waals surface area contributed by atoms with Gasteiger partial charge >= 0.3 is 5.97 Å². The van der Waals surface area contributed by atoms with Gasteiger partial charge in [-0.15, -0.1) is 0 Å². The summed E-state index contributed by atoms with van der Waals surface area (Å²) in [5.74, 6) is -0.478. The number of nitrogens with zero attached hydrogens (tertiary/aromatic N) is 3. The van der Waals surface area contributed by atoms with E-state index in [1.807, 2.05) is 0 Å². The molecule has 2 aromatic heterocycles. The number of hydrogen-bond donors (Lipinski definition) is 0. The van der Waals surface area contributed by atoms with Crippen LogP contribution in [0.1, 0.15) is 31.2 Å². The Morgan fingerprint density at radius 1 is 1.21 bits per heavy atom. The van der Waals surface area contributed by atoms with Crippen molar-refractivity contribution in [3.8, 4) is 11.3 Å². The molecule has 0 saturated heterocycles. The first-order chi connectivity index (χ1) is 18.3. The SMILES string of the molecule is CCOC(=O)C1=C(C)N=c2s/c(=C\c3ccc(-c4ccccc4[N+](=O)[O-])o3)c(=O)n2[C@H]1c1ccc(F)cc1. The van der Waals surface area contributed by atoms with Crippen molar-refractivity contribution in [3.63, 3.8) is 0 Å². The first kappa shape index (κ1) is 25.0. The number of aromatic nitrogens is 1. The Balaban J connectivity index is 1.64. The van der Waals surface area contributed by atoms with Gasteiger partial charge < -0.3 is 9.15 Å². The fourth-order valence-corrected chi connectivity index (χ4v) is 5.32. The van der Waals surface area contributed by atoms with Gasteiger partial charge in [-0.25, -0.2) is 14.2 Å². The Kier molecular flexibility index (Phi) is 6.60. The zero-order chi connectivity index (χ0) is 27.0. The summed E-state index contributed by atoms with van der Waals surface area (Å²) >= 11 is 1.10. The van der Waals surface area contributed by atoms with Crippen molar-refractivity contribution in [2.45, 2.75) is 19.9 Å². The molecule has 11 heteroatoms. The normalized spacial score (nSPS) is 15.2. The smallest absolute Gasteiger partial charge is 0.338 e. The van der Waals surface area contributed by atoms with Gasteiger partial charge in [-0.05, 0) is 49.7 Å². The molecule has 0 amide bonds. The lowest BCUT2D eigenvalue weighted by atomic mass is 9.96. The molecule has 0 saturated carbocycles. The third-order valence-electron chi connectivity index (χ3n) is 5.97. The van der Waals surface area contributed by atoms with Gasteiger partial charge in [-0.2, -0.15) is 0 Å². The molecule has 1 aliphatic heterocycles. The number of fused-ring (bicyclic) bond motifs is 1. The fourth-order valence-electron chi connectivity index (χ4n) is 4.30. The number of nitro benzene ring substituents is 1. The predicted octanol–water partition coefficient (Wildman–Crippen LogP) is 4.11. The maximum Gasteiger partial charge on any atom is 0.338 e. The topological polar surface area (TPSA) is 117 Å². The Morgan fingerprint density at radius 2 is 1.95 bits per heavy atom. The van der Waals surface area contributed by atoms with Crippen LogP contribution in [0.4, 0.5) is 10.1 Å². The molecule has 38 heavy (non-hydrogen) atoms. The maximum absolute atomic E-state index is 13.7. The van der Waals surface area contributed by atoms with Crippen LogP contribution < -0.4 is 14.9 Å². The summed E-state index contributed by atoms with van der Waals surface area (Å²) in [7, 11) is 0. The second-order valence-corrected chi connectivity index (χ2v) is 9.34. The number of benzene rings is 2. The van der Waals surface area contributed by atoms with Gasteiger partial charge in [0.05, 0.1) is 38.9 Å². The molecule has 2 aromatic carbocycles. The van der Waals surface area contributed by atoms with E-state index in [9.17, 15) is 24.1 Å². The molecule has 192 valence electrons. The van der Waals surface area contributed by atoms with Gasteiger partial charge in [-0.1, -0.05) is 35.6 Å². The summed E-state index contributed by atoms with van der Waals surface area (Å²) in [5.41, 5.74) is 0.879. The second kappa shape index (κ2) is 10.0. The highest BCUT2D eigenvalue weighted by molar-refractivity contribution is 7.07. The zero-order valence-corrected chi connectivity index (χ0v) is 21.0. The molecule has 3 heterocycles. The fraction of sp³-hybridized carbons (Fsp3) is 0.148. The number of thiazole rings is 1. The highest BCUT2D eigenvalue weighted by Gasteiger charge is 2.33. The van der Waals surface area contributed by atoms with Crippen LogP contribution in [-0.2, 0) is 9.53 Å². The van der Waals surface area contributed by atoms with Gasteiger partial charge in [0.2, 0.25) is 0 Å². The molecule has 9 nitrogen and oxygen atoms in total. The van der Waals surface area contributed by atoms with Crippen LogP contribution >= 0.6 is 11.3 Å². The summed E-state index contributed by atoms with van der Waals surface area (Å²) in [6.45, 7) is 3.47. The predicted molar refractivity (Wildman–Crippen MR) is 138 cm³/mol. The molecular formula is C27H20FN3O6S. The number of carbonyl (C=O) groups excluding carboxylic acids is 1. The quantitative estimate of drug-likeness (QED) is 0.209. The standard InChI is InChI=1S/C27H20FN3O6S/c1-3-36-26(33)23-15(2)29-27-30(24(23)16-8-10-17(28)11-9-16)25(32)22(38-27)14-18-12-13-21(37-18)19-6-4-5-7-20(19)31(34)35/h4-14,24H,3H2,1-2H3/b22-14-/t24-/m0/s1. The number of allylic oxidation sites excluding steroid dienone is 1. The molecule has 0 bridgehead atoms. The van der Waals surface area contributed by atoms with Crippen LogP contribution in [0.5, 0.6) is 0 Å². The average molecular weight is 534 g/mol. The number of carbonyl (C=O) groups is 1. The number of ether oxygens (including phenoxy) is 1. The molecule has 5 rings (SSSR count). The molecule has 0 fully saturated rings. The van der Waals surface area contributed by atoms with Crippen molar-refractivity contribution in [2.75, 3.05) is 6.61 Å². The minimum atomic E-state index is -0.868. The number of para-hydroxylation sites is 1. The summed E-state index contributed by atoms with van der Waals surface area (Å²) in [6.07, 6.45) is 1.52. The lowest BCUT2D eigenvalue weighted by Gasteiger charge is -2.24. The van der Waals surface area contributed by atoms with Crippen LogP contribution in [0.25, 0.3) is 17.4 Å². The molecule has 0 aliphatic carbocycles. The van der Waals surface area contributed by atoms with E-state index in [4.69, 9.17) is 9.15 Å². The van der Waals surface area contributed by atoms with Gasteiger partial charge in [0.15, 0.2) is 4.80 Å². The van der Waals surface area contributed by atoms with E-state index in [2.05, 4.69) is 4.99 Å². The molecular weight excluding hydrogens is 513 g/mol. The molecule has 0 radical (unpaired) electrons. The van der Waals surface area contributed by atoms with Gasteiger partial charge in [0.1, 0.15) is 17.3 Å². The van der Waals surface area contributed by atoms with E-state index in [1.165, 1.54) is 41.0 Å². The van der Waals surface area contributed by atoms with Gasteiger partial charge in [0, 0.05) is 12.1 Å². The Bertz CT molecular complexity index is 1780. The number of halogens is 1. The molecule has 0 spiro atoms. The largest absolute Gasteiger partial charge is 0.463 e. The Hall–Kier alpha value is -4.64. The van der Waals surface area contributed by atoms with Crippen molar-refractivity contribution in [3.05, 3.63) is 119 Å². The van der Waals surface area contributed by atoms with Crippen LogP contribution in [0.15, 0.2) is 86.1 Å². The van der Waals surface area contributed by atoms with Crippen molar-refractivity contribution in [1.29, 1.82) is 0 Å². The minimum absolute atomic E-state index is 0.103.